The van der Waals surface area contributed by atoms with E-state index in [2.05, 4.69) is 17.1 Å². The van der Waals surface area contributed by atoms with Crippen LogP contribution in [-0.4, -0.2) is 9.97 Å². The van der Waals surface area contributed by atoms with Gasteiger partial charge in [-0.25, -0.2) is 9.97 Å². The Kier molecular flexibility index (Phi) is 3.98. The highest BCUT2D eigenvalue weighted by Gasteiger charge is 2.11. The zero-order chi connectivity index (χ0) is 14.7. The summed E-state index contributed by atoms with van der Waals surface area (Å²) in [5, 5.41) is 0.482. The van der Waals surface area contributed by atoms with Gasteiger partial charge in [-0.1, -0.05) is 72.3 Å². The van der Waals surface area contributed by atoms with E-state index >= 15 is 0 Å². The van der Waals surface area contributed by atoms with Crippen LogP contribution in [0.15, 0.2) is 60.7 Å². The highest BCUT2D eigenvalue weighted by atomic mass is 35.5. The van der Waals surface area contributed by atoms with E-state index in [1.807, 2.05) is 55.5 Å². The molecule has 21 heavy (non-hydrogen) atoms. The SMILES string of the molecule is Cc1nc(Cl)c(Cc2ccccc2)nc1-c1ccccc1. The molecule has 0 unspecified atom stereocenters. The summed E-state index contributed by atoms with van der Waals surface area (Å²) in [6, 6.07) is 20.2. The molecule has 3 aromatic rings. The van der Waals surface area contributed by atoms with Crippen LogP contribution in [0.25, 0.3) is 11.3 Å². The zero-order valence-electron chi connectivity index (χ0n) is 11.8. The van der Waals surface area contributed by atoms with Gasteiger partial charge in [0.1, 0.15) is 0 Å². The summed E-state index contributed by atoms with van der Waals surface area (Å²) in [5.41, 5.74) is 4.80. The Bertz CT molecular complexity index is 740. The first-order valence-corrected chi connectivity index (χ1v) is 7.24. The predicted molar refractivity (Wildman–Crippen MR) is 86.5 cm³/mol. The van der Waals surface area contributed by atoms with E-state index in [1.54, 1.807) is 0 Å². The lowest BCUT2D eigenvalue weighted by molar-refractivity contribution is 1.01. The standard InChI is InChI=1S/C18H15ClN2/c1-13-17(15-10-6-3-7-11-15)21-16(18(19)20-13)12-14-8-4-2-5-9-14/h2-11H,12H2,1H3. The largest absolute Gasteiger partial charge is 0.247 e. The minimum atomic E-state index is 0.482. The van der Waals surface area contributed by atoms with E-state index in [0.717, 1.165) is 22.6 Å². The maximum Gasteiger partial charge on any atom is 0.151 e. The summed E-state index contributed by atoms with van der Waals surface area (Å²) in [4.78, 5) is 9.19. The van der Waals surface area contributed by atoms with Gasteiger partial charge in [0.05, 0.1) is 17.1 Å². The summed E-state index contributed by atoms with van der Waals surface area (Å²) >= 11 is 6.27. The van der Waals surface area contributed by atoms with Crippen molar-refractivity contribution in [3.8, 4) is 11.3 Å². The van der Waals surface area contributed by atoms with Crippen LogP contribution in [0.5, 0.6) is 0 Å². The van der Waals surface area contributed by atoms with Crippen molar-refractivity contribution in [2.45, 2.75) is 13.3 Å². The predicted octanol–water partition coefficient (Wildman–Crippen LogP) is 4.70. The Hall–Kier alpha value is -2.19. The molecule has 0 saturated heterocycles. The van der Waals surface area contributed by atoms with Gasteiger partial charge in [-0.05, 0) is 12.5 Å². The Morgan fingerprint density at radius 3 is 2.14 bits per heavy atom. The van der Waals surface area contributed by atoms with Crippen molar-refractivity contribution in [2.24, 2.45) is 0 Å². The van der Waals surface area contributed by atoms with E-state index in [9.17, 15) is 0 Å². The molecule has 2 nitrogen and oxygen atoms in total. The number of halogens is 1. The molecule has 0 atom stereocenters. The van der Waals surface area contributed by atoms with E-state index in [0.29, 0.717) is 11.6 Å². The first kappa shape index (κ1) is 13.8. The highest BCUT2D eigenvalue weighted by molar-refractivity contribution is 6.30. The fourth-order valence-electron chi connectivity index (χ4n) is 2.30. The smallest absolute Gasteiger partial charge is 0.151 e. The molecule has 1 heterocycles. The first-order chi connectivity index (χ1) is 10.2. The van der Waals surface area contributed by atoms with Gasteiger partial charge >= 0.3 is 0 Å². The van der Waals surface area contributed by atoms with E-state index in [1.165, 1.54) is 5.56 Å². The van der Waals surface area contributed by atoms with Crippen molar-refractivity contribution in [3.05, 3.63) is 82.8 Å². The molecule has 0 spiro atoms. The molecule has 0 aliphatic carbocycles. The second-order valence-corrected chi connectivity index (χ2v) is 5.28. The van der Waals surface area contributed by atoms with Crippen molar-refractivity contribution in [1.82, 2.24) is 9.97 Å². The first-order valence-electron chi connectivity index (χ1n) is 6.86. The molecule has 1 aromatic heterocycles. The van der Waals surface area contributed by atoms with Crippen LogP contribution in [0.2, 0.25) is 5.15 Å². The van der Waals surface area contributed by atoms with Gasteiger partial charge in [-0.15, -0.1) is 0 Å². The van der Waals surface area contributed by atoms with Crippen molar-refractivity contribution < 1.29 is 0 Å². The Morgan fingerprint density at radius 1 is 0.857 bits per heavy atom. The highest BCUT2D eigenvalue weighted by Crippen LogP contribution is 2.24. The summed E-state index contributed by atoms with van der Waals surface area (Å²) in [7, 11) is 0. The average Bonchev–Trinajstić information content (AvgIpc) is 2.52. The van der Waals surface area contributed by atoms with Gasteiger partial charge in [-0.3, -0.25) is 0 Å². The monoisotopic (exact) mass is 294 g/mol. The van der Waals surface area contributed by atoms with Crippen LogP contribution in [0, 0.1) is 6.92 Å². The van der Waals surface area contributed by atoms with Gasteiger partial charge in [0.2, 0.25) is 0 Å². The summed E-state index contributed by atoms with van der Waals surface area (Å²) < 4.78 is 0. The zero-order valence-corrected chi connectivity index (χ0v) is 12.5. The lowest BCUT2D eigenvalue weighted by atomic mass is 10.1. The molecular formula is C18H15ClN2. The lowest BCUT2D eigenvalue weighted by Crippen LogP contribution is -2.01. The maximum absolute atomic E-state index is 6.27. The number of hydrogen-bond acceptors (Lipinski definition) is 2. The molecule has 0 aliphatic heterocycles. The van der Waals surface area contributed by atoms with Crippen LogP contribution < -0.4 is 0 Å². The topological polar surface area (TPSA) is 25.8 Å². The molecule has 0 saturated carbocycles. The molecule has 0 fully saturated rings. The van der Waals surface area contributed by atoms with Crippen molar-refractivity contribution >= 4 is 11.6 Å². The second-order valence-electron chi connectivity index (χ2n) is 4.92. The summed E-state index contributed by atoms with van der Waals surface area (Å²) in [6.45, 7) is 1.94. The minimum absolute atomic E-state index is 0.482. The Labute approximate surface area is 129 Å². The molecule has 0 N–H and O–H groups in total. The minimum Gasteiger partial charge on any atom is -0.247 e. The summed E-state index contributed by atoms with van der Waals surface area (Å²) in [6.07, 6.45) is 0.687. The molecule has 0 amide bonds. The van der Waals surface area contributed by atoms with E-state index in [-0.39, 0.29) is 0 Å². The molecule has 0 bridgehead atoms. The number of aromatic nitrogens is 2. The van der Waals surface area contributed by atoms with Gasteiger partial charge in [0.15, 0.2) is 5.15 Å². The maximum atomic E-state index is 6.27. The number of hydrogen-bond donors (Lipinski definition) is 0. The van der Waals surface area contributed by atoms with Crippen LogP contribution in [0.4, 0.5) is 0 Å². The molecule has 3 heteroatoms. The molecule has 104 valence electrons. The third-order valence-electron chi connectivity index (χ3n) is 3.36. The number of nitrogens with zero attached hydrogens (tertiary/aromatic N) is 2. The van der Waals surface area contributed by atoms with Gasteiger partial charge in [0, 0.05) is 12.0 Å². The van der Waals surface area contributed by atoms with Gasteiger partial charge in [0.25, 0.3) is 0 Å². The van der Waals surface area contributed by atoms with Crippen LogP contribution in [0.1, 0.15) is 17.0 Å². The normalized spacial score (nSPS) is 10.6. The molecule has 0 radical (unpaired) electrons. The van der Waals surface area contributed by atoms with Crippen LogP contribution in [0.3, 0.4) is 0 Å². The molecular weight excluding hydrogens is 280 g/mol. The fourth-order valence-corrected chi connectivity index (χ4v) is 2.53. The average molecular weight is 295 g/mol. The third-order valence-corrected chi connectivity index (χ3v) is 3.66. The van der Waals surface area contributed by atoms with Crippen LogP contribution >= 0.6 is 11.6 Å². The number of rotatable bonds is 3. The fraction of sp³-hybridized carbons (Fsp3) is 0.111. The van der Waals surface area contributed by atoms with Crippen molar-refractivity contribution in [2.75, 3.05) is 0 Å². The third kappa shape index (κ3) is 3.11. The van der Waals surface area contributed by atoms with E-state index < -0.39 is 0 Å². The molecule has 3 rings (SSSR count). The van der Waals surface area contributed by atoms with Gasteiger partial charge in [-0.2, -0.15) is 0 Å². The second kappa shape index (κ2) is 6.06. The van der Waals surface area contributed by atoms with Crippen molar-refractivity contribution in [3.63, 3.8) is 0 Å². The molecule has 2 aromatic carbocycles. The quantitative estimate of drug-likeness (QED) is 0.700. The molecule has 0 aliphatic rings. The Balaban J connectivity index is 2.02. The van der Waals surface area contributed by atoms with Crippen LogP contribution in [-0.2, 0) is 6.42 Å². The van der Waals surface area contributed by atoms with E-state index in [4.69, 9.17) is 16.6 Å². The number of benzene rings is 2. The lowest BCUT2D eigenvalue weighted by Gasteiger charge is -2.09. The Morgan fingerprint density at radius 2 is 1.48 bits per heavy atom. The van der Waals surface area contributed by atoms with Gasteiger partial charge < -0.3 is 0 Å². The summed E-state index contributed by atoms with van der Waals surface area (Å²) in [5.74, 6) is 0. The number of aryl methyl sites for hydroxylation is 1. The van der Waals surface area contributed by atoms with Crippen molar-refractivity contribution in [1.29, 1.82) is 0 Å².